The summed E-state index contributed by atoms with van der Waals surface area (Å²) in [5.74, 6) is -0.181. The molecular weight excluding hydrogens is 388 g/mol. The lowest BCUT2D eigenvalue weighted by atomic mass is 10.2. The first-order chi connectivity index (χ1) is 14.1. The molecule has 1 aliphatic rings. The molecule has 4 rings (SSSR count). The summed E-state index contributed by atoms with van der Waals surface area (Å²) in [6.07, 6.45) is 0.869. The van der Waals surface area contributed by atoms with E-state index >= 15 is 0 Å². The van der Waals surface area contributed by atoms with E-state index in [-0.39, 0.29) is 11.5 Å². The maximum atomic E-state index is 13.1. The molecule has 7 nitrogen and oxygen atoms in total. The van der Waals surface area contributed by atoms with Gasteiger partial charge in [-0.25, -0.2) is 4.68 Å². The Morgan fingerprint density at radius 3 is 2.86 bits per heavy atom. The number of hydrogen-bond acceptors (Lipinski definition) is 6. The standard InChI is InChI=1S/C21H26N4O3S/c1-14-19-18(16-6-3-4-7-17(16)29-19)21(27)25(23-14)15(2)20(26)22-8-5-9-24-10-12-28-13-11-24/h3-4,6-7,15H,5,8-13H2,1-2H3,(H,22,26)/t15-/m0/s1. The van der Waals surface area contributed by atoms with E-state index in [9.17, 15) is 9.59 Å². The van der Waals surface area contributed by atoms with Gasteiger partial charge in [0.2, 0.25) is 5.91 Å². The number of rotatable bonds is 6. The summed E-state index contributed by atoms with van der Waals surface area (Å²) < 4.78 is 8.63. The maximum absolute atomic E-state index is 13.1. The molecule has 0 unspecified atom stereocenters. The predicted molar refractivity (Wildman–Crippen MR) is 116 cm³/mol. The molecule has 1 aromatic carbocycles. The Balaban J connectivity index is 1.48. The van der Waals surface area contributed by atoms with Gasteiger partial charge in [0.25, 0.3) is 5.56 Å². The Kier molecular flexibility index (Phi) is 5.94. The van der Waals surface area contributed by atoms with Crippen LogP contribution in [0.2, 0.25) is 0 Å². The van der Waals surface area contributed by atoms with Crippen LogP contribution in [-0.2, 0) is 9.53 Å². The van der Waals surface area contributed by atoms with Gasteiger partial charge in [-0.3, -0.25) is 14.5 Å². The minimum atomic E-state index is -0.660. The fraction of sp³-hybridized carbons (Fsp3) is 0.476. The van der Waals surface area contributed by atoms with Crippen molar-refractivity contribution in [1.29, 1.82) is 0 Å². The highest BCUT2D eigenvalue weighted by Gasteiger charge is 2.21. The topological polar surface area (TPSA) is 76.5 Å². The molecule has 0 spiro atoms. The first-order valence-corrected chi connectivity index (χ1v) is 10.9. The van der Waals surface area contributed by atoms with E-state index in [4.69, 9.17) is 4.74 Å². The van der Waals surface area contributed by atoms with Crippen LogP contribution in [0, 0.1) is 6.92 Å². The molecule has 154 valence electrons. The minimum absolute atomic E-state index is 0.181. The first kappa shape index (κ1) is 20.0. The highest BCUT2D eigenvalue weighted by Crippen LogP contribution is 2.32. The van der Waals surface area contributed by atoms with Crippen molar-refractivity contribution >= 4 is 37.4 Å². The Morgan fingerprint density at radius 2 is 2.07 bits per heavy atom. The van der Waals surface area contributed by atoms with E-state index < -0.39 is 6.04 Å². The van der Waals surface area contributed by atoms with Crippen molar-refractivity contribution in [2.75, 3.05) is 39.4 Å². The van der Waals surface area contributed by atoms with Crippen molar-refractivity contribution in [2.45, 2.75) is 26.3 Å². The van der Waals surface area contributed by atoms with Crippen LogP contribution < -0.4 is 10.9 Å². The van der Waals surface area contributed by atoms with Crippen molar-refractivity contribution in [3.05, 3.63) is 40.3 Å². The van der Waals surface area contributed by atoms with Crippen molar-refractivity contribution < 1.29 is 9.53 Å². The molecular formula is C21H26N4O3S. The van der Waals surface area contributed by atoms with Gasteiger partial charge in [-0.05, 0) is 32.9 Å². The lowest BCUT2D eigenvalue weighted by Crippen LogP contribution is -2.40. The van der Waals surface area contributed by atoms with Crippen molar-refractivity contribution in [3.8, 4) is 0 Å². The average molecular weight is 415 g/mol. The number of morpholine rings is 1. The predicted octanol–water partition coefficient (Wildman–Crippen LogP) is 2.32. The molecule has 3 heterocycles. The molecule has 0 bridgehead atoms. The van der Waals surface area contributed by atoms with Crippen molar-refractivity contribution in [1.82, 2.24) is 20.0 Å². The van der Waals surface area contributed by atoms with Gasteiger partial charge in [0.1, 0.15) is 6.04 Å². The smallest absolute Gasteiger partial charge is 0.276 e. The van der Waals surface area contributed by atoms with Crippen LogP contribution in [0.3, 0.4) is 0 Å². The number of thiophene rings is 1. The summed E-state index contributed by atoms with van der Waals surface area (Å²) in [6, 6.07) is 7.20. The van der Waals surface area contributed by atoms with Crippen LogP contribution in [0.5, 0.6) is 0 Å². The number of nitrogens with one attached hydrogen (secondary N) is 1. The van der Waals surface area contributed by atoms with Gasteiger partial charge in [-0.2, -0.15) is 5.10 Å². The molecule has 1 N–H and O–H groups in total. The minimum Gasteiger partial charge on any atom is -0.379 e. The summed E-state index contributed by atoms with van der Waals surface area (Å²) in [5, 5.41) is 8.99. The van der Waals surface area contributed by atoms with Crippen molar-refractivity contribution in [2.24, 2.45) is 0 Å². The van der Waals surface area contributed by atoms with Crippen LogP contribution in [0.15, 0.2) is 29.1 Å². The number of carbonyl (C=O) groups is 1. The molecule has 1 amide bonds. The molecule has 1 aliphatic heterocycles. The van der Waals surface area contributed by atoms with Gasteiger partial charge in [0.05, 0.1) is 29.0 Å². The highest BCUT2D eigenvalue weighted by molar-refractivity contribution is 7.26. The van der Waals surface area contributed by atoms with Crippen LogP contribution >= 0.6 is 11.3 Å². The summed E-state index contributed by atoms with van der Waals surface area (Å²) in [5.41, 5.74) is 0.562. The number of aryl methyl sites for hydroxylation is 1. The summed E-state index contributed by atoms with van der Waals surface area (Å²) in [4.78, 5) is 28.1. The summed E-state index contributed by atoms with van der Waals surface area (Å²) >= 11 is 1.57. The van der Waals surface area contributed by atoms with E-state index in [1.807, 2.05) is 31.2 Å². The third-order valence-electron chi connectivity index (χ3n) is 5.40. The quantitative estimate of drug-likeness (QED) is 0.627. The SMILES string of the molecule is Cc1nn([C@@H](C)C(=O)NCCCN2CCOCC2)c(=O)c2c1sc1ccccc12. The Labute approximate surface area is 173 Å². The molecule has 1 saturated heterocycles. The molecule has 29 heavy (non-hydrogen) atoms. The maximum Gasteiger partial charge on any atom is 0.276 e. The molecule has 0 radical (unpaired) electrons. The molecule has 8 heteroatoms. The zero-order chi connectivity index (χ0) is 20.4. The number of benzene rings is 1. The molecule has 0 saturated carbocycles. The average Bonchev–Trinajstić information content (AvgIpc) is 3.14. The van der Waals surface area contributed by atoms with Gasteiger partial charge in [0.15, 0.2) is 0 Å². The zero-order valence-corrected chi connectivity index (χ0v) is 17.6. The second-order valence-electron chi connectivity index (χ2n) is 7.41. The first-order valence-electron chi connectivity index (χ1n) is 10.0. The number of carbonyl (C=O) groups excluding carboxylic acids is 1. The number of aromatic nitrogens is 2. The molecule has 1 atom stereocenters. The lowest BCUT2D eigenvalue weighted by molar-refractivity contribution is -0.124. The molecule has 0 aliphatic carbocycles. The summed E-state index contributed by atoms with van der Waals surface area (Å²) in [6.45, 7) is 8.56. The number of ether oxygens (including phenoxy) is 1. The fourth-order valence-electron chi connectivity index (χ4n) is 3.74. The number of amides is 1. The van der Waals surface area contributed by atoms with E-state index in [0.717, 1.165) is 59.7 Å². The second kappa shape index (κ2) is 8.61. The van der Waals surface area contributed by atoms with Gasteiger partial charge in [-0.15, -0.1) is 11.3 Å². The van der Waals surface area contributed by atoms with E-state index in [2.05, 4.69) is 15.3 Å². The highest BCUT2D eigenvalue weighted by atomic mass is 32.1. The molecule has 1 fully saturated rings. The third-order valence-corrected chi connectivity index (χ3v) is 6.68. The number of fused-ring (bicyclic) bond motifs is 3. The van der Waals surface area contributed by atoms with Gasteiger partial charge >= 0.3 is 0 Å². The molecule has 3 aromatic rings. The van der Waals surface area contributed by atoms with E-state index in [1.54, 1.807) is 18.3 Å². The van der Waals surface area contributed by atoms with Crippen LogP contribution in [0.25, 0.3) is 20.2 Å². The summed E-state index contributed by atoms with van der Waals surface area (Å²) in [7, 11) is 0. The van der Waals surface area contributed by atoms with E-state index in [1.165, 1.54) is 4.68 Å². The van der Waals surface area contributed by atoms with Crippen LogP contribution in [0.4, 0.5) is 0 Å². The number of nitrogens with zero attached hydrogens (tertiary/aromatic N) is 3. The van der Waals surface area contributed by atoms with Crippen LogP contribution in [-0.4, -0.2) is 60.0 Å². The second-order valence-corrected chi connectivity index (χ2v) is 8.46. The van der Waals surface area contributed by atoms with Gasteiger partial charge in [-0.1, -0.05) is 18.2 Å². The van der Waals surface area contributed by atoms with Crippen LogP contribution in [0.1, 0.15) is 25.1 Å². The zero-order valence-electron chi connectivity index (χ0n) is 16.8. The van der Waals surface area contributed by atoms with E-state index in [0.29, 0.717) is 11.9 Å². The Hall–Kier alpha value is -2.29. The molecule has 2 aromatic heterocycles. The Morgan fingerprint density at radius 1 is 1.31 bits per heavy atom. The third kappa shape index (κ3) is 4.05. The normalized spacial score (nSPS) is 16.3. The fourth-order valence-corrected chi connectivity index (χ4v) is 4.87. The number of hydrogen-bond donors (Lipinski definition) is 1. The van der Waals surface area contributed by atoms with Crippen molar-refractivity contribution in [3.63, 3.8) is 0 Å². The Bertz CT molecular complexity index is 1080. The van der Waals surface area contributed by atoms with Gasteiger partial charge in [0, 0.05) is 29.7 Å². The largest absolute Gasteiger partial charge is 0.379 e. The van der Waals surface area contributed by atoms with Gasteiger partial charge < -0.3 is 10.1 Å². The lowest BCUT2D eigenvalue weighted by Gasteiger charge is -2.26. The monoisotopic (exact) mass is 414 g/mol.